The van der Waals surface area contributed by atoms with Crippen LogP contribution in [0.4, 0.5) is 5.69 Å². The van der Waals surface area contributed by atoms with Crippen LogP contribution >= 0.6 is 0 Å². The topological polar surface area (TPSA) is 26.0 Å². The lowest BCUT2D eigenvalue weighted by Gasteiger charge is -2.09. The fraction of sp³-hybridized carbons (Fsp3) is 0.0370. The number of rotatable bonds is 4. The predicted octanol–water partition coefficient (Wildman–Crippen LogP) is 7.30. The number of anilines is 1. The zero-order valence-electron chi connectivity index (χ0n) is 16.0. The van der Waals surface area contributed by atoms with Gasteiger partial charge in [-0.25, -0.2) is 0 Å². The molecule has 4 rings (SSSR count). The van der Waals surface area contributed by atoms with Gasteiger partial charge in [-0.15, -0.1) is 0 Å². The normalized spacial score (nSPS) is 11.0. The molecule has 0 aromatic heterocycles. The van der Waals surface area contributed by atoms with E-state index < -0.39 is 0 Å². The summed E-state index contributed by atoms with van der Waals surface area (Å²) in [5.74, 6) is 0. The third kappa shape index (κ3) is 3.89. The van der Waals surface area contributed by atoms with E-state index in [0.717, 1.165) is 11.3 Å². The average Bonchev–Trinajstić information content (AvgIpc) is 2.74. The number of hydrogen-bond acceptors (Lipinski definition) is 1. The van der Waals surface area contributed by atoms with E-state index in [1.807, 2.05) is 25.1 Å². The number of allylic oxidation sites excluding steroid dienone is 1. The van der Waals surface area contributed by atoms with Crippen molar-refractivity contribution >= 4 is 11.8 Å². The lowest BCUT2D eigenvalue weighted by atomic mass is 9.95. The lowest BCUT2D eigenvalue weighted by molar-refractivity contribution is 1.56. The van der Waals surface area contributed by atoms with E-state index >= 15 is 0 Å². The van der Waals surface area contributed by atoms with Gasteiger partial charge in [-0.3, -0.25) is 0 Å². The Morgan fingerprint density at radius 2 is 0.964 bits per heavy atom. The Balaban J connectivity index is 1.72. The first-order valence-corrected chi connectivity index (χ1v) is 9.52. The molecule has 0 amide bonds. The summed E-state index contributed by atoms with van der Waals surface area (Å²) in [5, 5.41) is 0. The summed E-state index contributed by atoms with van der Waals surface area (Å²) >= 11 is 0. The summed E-state index contributed by atoms with van der Waals surface area (Å²) in [4.78, 5) is 0. The summed E-state index contributed by atoms with van der Waals surface area (Å²) in [6.45, 7) is 2.04. The second-order valence-corrected chi connectivity index (χ2v) is 6.91. The van der Waals surface area contributed by atoms with Crippen LogP contribution in [0.3, 0.4) is 0 Å². The van der Waals surface area contributed by atoms with Crippen molar-refractivity contribution in [2.75, 3.05) is 5.73 Å². The summed E-state index contributed by atoms with van der Waals surface area (Å²) in [7, 11) is 0. The third-order valence-electron chi connectivity index (χ3n) is 4.86. The summed E-state index contributed by atoms with van der Waals surface area (Å²) in [6.07, 6.45) is 4.19. The van der Waals surface area contributed by atoms with E-state index in [0.29, 0.717) is 0 Å². The van der Waals surface area contributed by atoms with Crippen LogP contribution in [0, 0.1) is 0 Å². The molecule has 4 aromatic rings. The molecule has 0 aliphatic carbocycles. The zero-order valence-corrected chi connectivity index (χ0v) is 16.0. The fourth-order valence-corrected chi connectivity index (χ4v) is 3.49. The number of nitrogen functional groups attached to an aromatic ring is 1. The Bertz CT molecular complexity index is 1140. The molecule has 0 aliphatic rings. The van der Waals surface area contributed by atoms with Crippen LogP contribution in [0.1, 0.15) is 12.5 Å². The van der Waals surface area contributed by atoms with E-state index in [1.54, 1.807) is 0 Å². The molecule has 0 aliphatic heterocycles. The molecule has 28 heavy (non-hydrogen) atoms. The Hall–Kier alpha value is -3.58. The summed E-state index contributed by atoms with van der Waals surface area (Å²) in [5.41, 5.74) is 15.1. The van der Waals surface area contributed by atoms with E-state index in [1.165, 1.54) is 33.4 Å². The number of hydrogen-bond donors (Lipinski definition) is 1. The molecule has 0 atom stereocenters. The average molecular weight is 361 g/mol. The highest BCUT2D eigenvalue weighted by Gasteiger charge is 2.05. The van der Waals surface area contributed by atoms with Gasteiger partial charge in [0.15, 0.2) is 0 Å². The summed E-state index contributed by atoms with van der Waals surface area (Å²) < 4.78 is 0. The molecule has 0 unspecified atom stereocenters. The Kier molecular flexibility index (Phi) is 5.07. The van der Waals surface area contributed by atoms with E-state index in [4.69, 9.17) is 5.73 Å². The largest absolute Gasteiger partial charge is 0.399 e. The molecule has 0 fully saturated rings. The predicted molar refractivity (Wildman–Crippen MR) is 122 cm³/mol. The molecule has 2 N–H and O–H groups in total. The van der Waals surface area contributed by atoms with Crippen LogP contribution in [-0.4, -0.2) is 0 Å². The first kappa shape index (κ1) is 17.8. The van der Waals surface area contributed by atoms with Crippen LogP contribution < -0.4 is 5.73 Å². The van der Waals surface area contributed by atoms with Crippen molar-refractivity contribution in [2.24, 2.45) is 0 Å². The van der Waals surface area contributed by atoms with Gasteiger partial charge in [-0.05, 0) is 76.2 Å². The zero-order chi connectivity index (χ0) is 19.3. The van der Waals surface area contributed by atoms with Gasteiger partial charge in [0.1, 0.15) is 0 Å². The van der Waals surface area contributed by atoms with Crippen LogP contribution in [0.25, 0.3) is 39.5 Å². The Morgan fingerprint density at radius 3 is 1.46 bits per heavy atom. The molecular weight excluding hydrogens is 338 g/mol. The molecule has 0 heterocycles. The van der Waals surface area contributed by atoms with Gasteiger partial charge in [0.05, 0.1) is 0 Å². The van der Waals surface area contributed by atoms with E-state index in [2.05, 4.69) is 91.0 Å². The minimum atomic E-state index is 0.783. The number of nitrogens with two attached hydrogens (primary N) is 1. The van der Waals surface area contributed by atoms with Crippen molar-refractivity contribution in [3.8, 4) is 33.4 Å². The molecule has 0 bridgehead atoms. The molecule has 1 heteroatoms. The molecule has 0 saturated heterocycles. The first-order chi connectivity index (χ1) is 13.7. The fourth-order valence-electron chi connectivity index (χ4n) is 3.49. The van der Waals surface area contributed by atoms with Gasteiger partial charge in [0, 0.05) is 5.69 Å². The Morgan fingerprint density at radius 1 is 0.536 bits per heavy atom. The van der Waals surface area contributed by atoms with E-state index in [-0.39, 0.29) is 0 Å². The van der Waals surface area contributed by atoms with Crippen molar-refractivity contribution < 1.29 is 0 Å². The highest BCUT2D eigenvalue weighted by Crippen LogP contribution is 2.30. The van der Waals surface area contributed by atoms with Crippen LogP contribution in [0.5, 0.6) is 0 Å². The van der Waals surface area contributed by atoms with Gasteiger partial charge in [-0.1, -0.05) is 78.9 Å². The van der Waals surface area contributed by atoms with Crippen molar-refractivity contribution in [2.45, 2.75) is 6.92 Å². The van der Waals surface area contributed by atoms with E-state index in [9.17, 15) is 0 Å². The number of benzene rings is 4. The maximum Gasteiger partial charge on any atom is 0.0320 e. The molecule has 0 radical (unpaired) electrons. The monoisotopic (exact) mass is 361 g/mol. The smallest absolute Gasteiger partial charge is 0.0320 e. The second-order valence-electron chi connectivity index (χ2n) is 6.91. The van der Waals surface area contributed by atoms with Gasteiger partial charge in [0.2, 0.25) is 0 Å². The minimum absolute atomic E-state index is 0.783. The maximum atomic E-state index is 5.96. The van der Waals surface area contributed by atoms with Crippen LogP contribution in [0.2, 0.25) is 0 Å². The van der Waals surface area contributed by atoms with Gasteiger partial charge < -0.3 is 5.73 Å². The van der Waals surface area contributed by atoms with Gasteiger partial charge >= 0.3 is 0 Å². The highest BCUT2D eigenvalue weighted by molar-refractivity contribution is 5.78. The molecule has 1 nitrogen and oxygen atoms in total. The molecule has 0 spiro atoms. The molecular formula is C27H23N. The quantitative estimate of drug-likeness (QED) is 0.379. The minimum Gasteiger partial charge on any atom is -0.399 e. The van der Waals surface area contributed by atoms with Crippen molar-refractivity contribution in [1.29, 1.82) is 0 Å². The standard InChI is InChI=1S/C27H23N/c1-2-7-20-8-3-9-21(16-20)22-10-4-11-23(17-22)24-12-5-13-25(18-24)26-14-6-15-27(28)19-26/h2-19H,28H2,1H3/b7-2-. The highest BCUT2D eigenvalue weighted by atomic mass is 14.5. The summed E-state index contributed by atoms with van der Waals surface area (Å²) in [6, 6.07) is 34.0. The van der Waals surface area contributed by atoms with Gasteiger partial charge in [-0.2, -0.15) is 0 Å². The van der Waals surface area contributed by atoms with Crippen molar-refractivity contribution in [3.05, 3.63) is 109 Å². The molecule has 4 aromatic carbocycles. The Labute approximate surface area is 166 Å². The first-order valence-electron chi connectivity index (χ1n) is 9.52. The van der Waals surface area contributed by atoms with Gasteiger partial charge in [0.25, 0.3) is 0 Å². The SMILES string of the molecule is C/C=C\c1cccc(-c2cccc(-c3cccc(-c4cccc(N)c4)c3)c2)c1. The van der Waals surface area contributed by atoms with Crippen molar-refractivity contribution in [3.63, 3.8) is 0 Å². The second kappa shape index (κ2) is 7.98. The third-order valence-corrected chi connectivity index (χ3v) is 4.86. The molecule has 0 saturated carbocycles. The lowest BCUT2D eigenvalue weighted by Crippen LogP contribution is -1.86. The molecule has 136 valence electrons. The van der Waals surface area contributed by atoms with Crippen LogP contribution in [-0.2, 0) is 0 Å². The van der Waals surface area contributed by atoms with Crippen LogP contribution in [0.15, 0.2) is 103 Å². The van der Waals surface area contributed by atoms with Crippen molar-refractivity contribution in [1.82, 2.24) is 0 Å². The maximum absolute atomic E-state index is 5.96.